The summed E-state index contributed by atoms with van der Waals surface area (Å²) in [6.07, 6.45) is 0. The minimum Gasteiger partial charge on any atom is -0.392 e. The minimum atomic E-state index is -0.696. The Hall–Kier alpha value is 0.160. The van der Waals surface area contributed by atoms with E-state index < -0.39 is 11.9 Å². The summed E-state index contributed by atoms with van der Waals surface area (Å²) in [7, 11) is 0. The van der Waals surface area contributed by atoms with Crippen molar-refractivity contribution < 1.29 is 14.3 Å². The Morgan fingerprint density at radius 2 is 2.00 bits per heavy atom. The van der Waals surface area contributed by atoms with E-state index in [1.54, 1.807) is 22.6 Å². The van der Waals surface area contributed by atoms with Crippen molar-refractivity contribution in [3.05, 3.63) is 0 Å². The lowest BCUT2D eigenvalue weighted by Crippen LogP contribution is -2.13. The van der Waals surface area contributed by atoms with Crippen LogP contribution in [0.3, 0.4) is 0 Å². The summed E-state index contributed by atoms with van der Waals surface area (Å²) in [6, 6.07) is 0. The van der Waals surface area contributed by atoms with E-state index >= 15 is 0 Å². The maximum atomic E-state index is 10.3. The van der Waals surface area contributed by atoms with Crippen molar-refractivity contribution >= 4 is 46.1 Å². The Morgan fingerprint density at radius 3 is 2.33 bits per heavy atom. The highest BCUT2D eigenvalue weighted by atomic mass is 127. The average Bonchev–Trinajstić information content (AvgIpc) is 1.87. The van der Waals surface area contributed by atoms with Crippen LogP contribution >= 0.6 is 34.2 Å². The zero-order valence-electron chi connectivity index (χ0n) is 4.39. The average molecular weight is 262 g/mol. The van der Waals surface area contributed by atoms with Crippen LogP contribution in [-0.4, -0.2) is 22.2 Å². The van der Waals surface area contributed by atoms with Crippen molar-refractivity contribution in [3.8, 4) is 0 Å². The predicted octanol–water partition coefficient (Wildman–Crippen LogP) is 0.730. The van der Waals surface area contributed by atoms with E-state index in [1.165, 1.54) is 0 Å². The Bertz CT molecular complexity index is 111. The van der Waals surface area contributed by atoms with Crippen LogP contribution in [-0.2, 0) is 14.3 Å². The molecule has 0 bridgehead atoms. The van der Waals surface area contributed by atoms with Gasteiger partial charge in [-0.3, -0.25) is 9.59 Å². The van der Waals surface area contributed by atoms with Crippen molar-refractivity contribution in [1.29, 1.82) is 0 Å². The van der Waals surface area contributed by atoms with Gasteiger partial charge in [-0.15, -0.1) is 11.6 Å². The van der Waals surface area contributed by atoms with Gasteiger partial charge < -0.3 is 4.74 Å². The molecule has 0 atom stereocenters. The van der Waals surface area contributed by atoms with Crippen molar-refractivity contribution in [1.82, 2.24) is 0 Å². The fourth-order valence-corrected chi connectivity index (χ4v) is 0.392. The fourth-order valence-electron chi connectivity index (χ4n) is 0.182. The van der Waals surface area contributed by atoms with Gasteiger partial charge in [0.05, 0.1) is 4.43 Å². The molecule has 0 saturated heterocycles. The summed E-state index contributed by atoms with van der Waals surface area (Å²) in [5.74, 6) is -1.53. The molecule has 0 aliphatic carbocycles. The van der Waals surface area contributed by atoms with Crippen molar-refractivity contribution in [3.63, 3.8) is 0 Å². The molecule has 0 fully saturated rings. The normalized spacial score (nSPS) is 8.67. The molecule has 0 saturated carbocycles. The number of carbonyl (C=O) groups is 2. The number of hydrogen-bond acceptors (Lipinski definition) is 3. The zero-order chi connectivity index (χ0) is 7.28. The van der Waals surface area contributed by atoms with Gasteiger partial charge in [0.2, 0.25) is 0 Å². The Kier molecular flexibility index (Phi) is 5.07. The first kappa shape index (κ1) is 9.16. The topological polar surface area (TPSA) is 43.4 Å². The second-order valence-corrected chi connectivity index (χ2v) is 2.14. The van der Waals surface area contributed by atoms with Gasteiger partial charge in [0.1, 0.15) is 5.88 Å². The number of ether oxygens (including phenoxy) is 1. The Balaban J connectivity index is 3.47. The minimum absolute atomic E-state index is 0.167. The zero-order valence-corrected chi connectivity index (χ0v) is 7.31. The number of halogens is 2. The molecule has 0 amide bonds. The van der Waals surface area contributed by atoms with Crippen LogP contribution in [0.4, 0.5) is 0 Å². The molecule has 0 aromatic carbocycles. The summed E-state index contributed by atoms with van der Waals surface area (Å²) < 4.78 is 4.30. The predicted molar refractivity (Wildman–Crippen MR) is 40.7 cm³/mol. The molecule has 52 valence electrons. The maximum Gasteiger partial charge on any atom is 0.328 e. The van der Waals surface area contributed by atoms with Gasteiger partial charge in [-0.05, 0) is 0 Å². The molecule has 0 N–H and O–H groups in total. The molecule has 0 aliphatic heterocycles. The fraction of sp³-hybridized carbons (Fsp3) is 0.500. The van der Waals surface area contributed by atoms with Gasteiger partial charge in [-0.25, -0.2) is 0 Å². The third-order valence-corrected chi connectivity index (χ3v) is 1.29. The molecule has 0 rings (SSSR count). The molecule has 0 aliphatic rings. The number of hydrogen-bond donors (Lipinski definition) is 0. The lowest BCUT2D eigenvalue weighted by atomic mass is 10.7. The van der Waals surface area contributed by atoms with Crippen molar-refractivity contribution in [2.75, 3.05) is 10.3 Å². The number of esters is 2. The number of carbonyl (C=O) groups excluding carboxylic acids is 2. The first-order chi connectivity index (χ1) is 4.20. The molecule has 3 nitrogen and oxygen atoms in total. The first-order valence-corrected chi connectivity index (χ1v) is 4.12. The summed E-state index contributed by atoms with van der Waals surface area (Å²) >= 11 is 6.82. The molecule has 0 aromatic rings. The molecule has 0 spiro atoms. The summed E-state index contributed by atoms with van der Waals surface area (Å²) in [6.45, 7) is 0. The summed E-state index contributed by atoms with van der Waals surface area (Å²) in [4.78, 5) is 20.5. The van der Waals surface area contributed by atoms with Crippen LogP contribution in [0.1, 0.15) is 0 Å². The monoisotopic (exact) mass is 262 g/mol. The van der Waals surface area contributed by atoms with E-state index in [4.69, 9.17) is 11.6 Å². The first-order valence-electron chi connectivity index (χ1n) is 2.06. The smallest absolute Gasteiger partial charge is 0.328 e. The molecule has 0 radical (unpaired) electrons. The molecular formula is C4H4ClIO3. The third kappa shape index (κ3) is 4.65. The van der Waals surface area contributed by atoms with Crippen molar-refractivity contribution in [2.45, 2.75) is 0 Å². The highest BCUT2D eigenvalue weighted by Crippen LogP contribution is 1.88. The van der Waals surface area contributed by atoms with Crippen molar-refractivity contribution in [2.24, 2.45) is 0 Å². The highest BCUT2D eigenvalue weighted by molar-refractivity contribution is 14.1. The third-order valence-electron chi connectivity index (χ3n) is 0.446. The van der Waals surface area contributed by atoms with Gasteiger partial charge >= 0.3 is 11.9 Å². The largest absolute Gasteiger partial charge is 0.392 e. The molecule has 0 heterocycles. The summed E-state index contributed by atoms with van der Waals surface area (Å²) in [5.41, 5.74) is 0. The molecule has 9 heavy (non-hydrogen) atoms. The Morgan fingerprint density at radius 1 is 1.44 bits per heavy atom. The molecule has 0 aromatic heterocycles. The van der Waals surface area contributed by atoms with Crippen LogP contribution in [0.15, 0.2) is 0 Å². The number of rotatable bonds is 2. The van der Waals surface area contributed by atoms with E-state index in [9.17, 15) is 9.59 Å². The molecular weight excluding hydrogens is 258 g/mol. The van der Waals surface area contributed by atoms with E-state index in [2.05, 4.69) is 4.74 Å². The van der Waals surface area contributed by atoms with E-state index in [1.807, 2.05) is 0 Å². The van der Waals surface area contributed by atoms with Crippen LogP contribution in [0, 0.1) is 0 Å². The lowest BCUT2D eigenvalue weighted by molar-refractivity contribution is -0.155. The molecule has 0 unspecified atom stereocenters. The van der Waals surface area contributed by atoms with Crippen LogP contribution in [0.2, 0.25) is 0 Å². The van der Waals surface area contributed by atoms with Gasteiger partial charge in [0.25, 0.3) is 0 Å². The number of alkyl halides is 2. The maximum absolute atomic E-state index is 10.3. The van der Waals surface area contributed by atoms with E-state index in [-0.39, 0.29) is 10.3 Å². The SMILES string of the molecule is O=C(CCl)OC(=O)CI. The van der Waals surface area contributed by atoms with Gasteiger partial charge in [0, 0.05) is 0 Å². The van der Waals surface area contributed by atoms with Gasteiger partial charge in [-0.2, -0.15) is 0 Å². The quantitative estimate of drug-likeness (QED) is 0.319. The summed E-state index contributed by atoms with van der Waals surface area (Å²) in [5, 5.41) is 0. The van der Waals surface area contributed by atoms with Crippen LogP contribution in [0.25, 0.3) is 0 Å². The lowest BCUT2D eigenvalue weighted by Gasteiger charge is -1.93. The highest BCUT2D eigenvalue weighted by Gasteiger charge is 2.05. The second-order valence-electron chi connectivity index (χ2n) is 1.11. The molecule has 5 heteroatoms. The second kappa shape index (κ2) is 4.99. The van der Waals surface area contributed by atoms with Crippen LogP contribution in [0.5, 0.6) is 0 Å². The van der Waals surface area contributed by atoms with E-state index in [0.29, 0.717) is 0 Å². The van der Waals surface area contributed by atoms with Gasteiger partial charge in [0.15, 0.2) is 0 Å². The standard InChI is InChI=1S/C4H4ClIO3/c5-1-3(7)9-4(8)2-6/h1-2H2. The van der Waals surface area contributed by atoms with E-state index in [0.717, 1.165) is 0 Å². The van der Waals surface area contributed by atoms with Gasteiger partial charge in [-0.1, -0.05) is 22.6 Å². The Labute approximate surface area is 70.8 Å². The van der Waals surface area contributed by atoms with Crippen LogP contribution < -0.4 is 0 Å².